The molecule has 3 N–H and O–H groups in total. The van der Waals surface area contributed by atoms with Crippen LogP contribution in [0.3, 0.4) is 0 Å². The maximum absolute atomic E-state index is 10.3. The third-order valence-corrected chi connectivity index (χ3v) is 1.15. The predicted octanol–water partition coefficient (Wildman–Crippen LogP) is 1.86. The number of aliphatic carboxylic acids is 1. The molecule has 0 aliphatic heterocycles. The third-order valence-electron chi connectivity index (χ3n) is 1.15. The van der Waals surface area contributed by atoms with Gasteiger partial charge in [-0.05, 0) is 11.8 Å². The van der Waals surface area contributed by atoms with Crippen molar-refractivity contribution in [2.75, 3.05) is 0 Å². The number of carbonyl (C=O) groups is 1. The molecule has 0 spiro atoms. The number of hydrogen-bond acceptors (Lipinski definition) is 2. The van der Waals surface area contributed by atoms with E-state index in [2.05, 4.69) is 0 Å². The van der Waals surface area contributed by atoms with Gasteiger partial charge in [-0.1, -0.05) is 34.6 Å². The summed E-state index contributed by atoms with van der Waals surface area (Å²) < 4.78 is 0. The Balaban J connectivity index is 0. The lowest BCUT2D eigenvalue weighted by Crippen LogP contribution is -2.34. The molecule has 1 atom stereocenters. The topological polar surface area (TPSA) is 63.3 Å². The molecule has 74 valence electrons. The van der Waals surface area contributed by atoms with Crippen molar-refractivity contribution in [3.8, 4) is 0 Å². The summed E-state index contributed by atoms with van der Waals surface area (Å²) in [7, 11) is 0. The van der Waals surface area contributed by atoms with Crippen LogP contribution < -0.4 is 5.73 Å². The van der Waals surface area contributed by atoms with Crippen molar-refractivity contribution in [3.63, 3.8) is 0 Å². The van der Waals surface area contributed by atoms with Crippen molar-refractivity contribution in [2.24, 2.45) is 11.1 Å². The van der Waals surface area contributed by atoms with E-state index in [4.69, 9.17) is 10.8 Å². The summed E-state index contributed by atoms with van der Waals surface area (Å²) in [4.78, 5) is 10.3. The molecule has 0 aliphatic carbocycles. The van der Waals surface area contributed by atoms with Crippen molar-refractivity contribution >= 4 is 5.97 Å². The molecule has 1 unspecified atom stereocenters. The monoisotopic (exact) mass is 175 g/mol. The summed E-state index contributed by atoms with van der Waals surface area (Å²) in [5, 5.41) is 8.42. The Morgan fingerprint density at radius 3 is 1.83 bits per heavy atom. The van der Waals surface area contributed by atoms with Crippen molar-refractivity contribution in [3.05, 3.63) is 0 Å². The Bertz CT molecular complexity index is 127. The first-order valence-corrected chi connectivity index (χ1v) is 4.31. The third kappa shape index (κ3) is 9.43. The Morgan fingerprint density at radius 2 is 1.75 bits per heavy atom. The fourth-order valence-electron chi connectivity index (χ4n) is 0.747. The zero-order valence-electron chi connectivity index (χ0n) is 8.72. The number of hydrogen-bond donors (Lipinski definition) is 2. The van der Waals surface area contributed by atoms with Crippen LogP contribution in [0.1, 0.15) is 41.0 Å². The van der Waals surface area contributed by atoms with Crippen LogP contribution in [0.4, 0.5) is 0 Å². The van der Waals surface area contributed by atoms with Crippen LogP contribution in [0.15, 0.2) is 0 Å². The summed E-state index contributed by atoms with van der Waals surface area (Å²) in [5.74, 6) is -0.921. The molecule has 0 saturated carbocycles. The van der Waals surface area contributed by atoms with Crippen LogP contribution in [0.2, 0.25) is 0 Å². The Hall–Kier alpha value is -0.570. The summed E-state index contributed by atoms with van der Waals surface area (Å²) >= 11 is 0. The van der Waals surface area contributed by atoms with Gasteiger partial charge in [0.1, 0.15) is 6.04 Å². The molecule has 3 heteroatoms. The summed E-state index contributed by atoms with van der Waals surface area (Å²) in [5.41, 5.74) is 5.30. The smallest absolute Gasteiger partial charge is 0.320 e. The van der Waals surface area contributed by atoms with E-state index < -0.39 is 12.0 Å². The SMILES string of the molecule is CC.CC(C)(C)CC(N)C(=O)O. The first kappa shape index (κ1) is 14.0. The molecule has 0 aromatic carbocycles. The maximum Gasteiger partial charge on any atom is 0.320 e. The van der Waals surface area contributed by atoms with Crippen molar-refractivity contribution in [1.29, 1.82) is 0 Å². The second-order valence-electron chi connectivity index (χ2n) is 3.71. The Labute approximate surface area is 75.0 Å². The van der Waals surface area contributed by atoms with Crippen LogP contribution in [0.5, 0.6) is 0 Å². The normalized spacial score (nSPS) is 12.8. The molecule has 3 nitrogen and oxygen atoms in total. The molecule has 0 amide bonds. The molecular formula is C9H21NO2. The van der Waals surface area contributed by atoms with Crippen LogP contribution in [-0.4, -0.2) is 17.1 Å². The molecule has 0 bridgehead atoms. The van der Waals surface area contributed by atoms with Gasteiger partial charge in [0.15, 0.2) is 0 Å². The molecule has 0 rings (SSSR count). The van der Waals surface area contributed by atoms with E-state index >= 15 is 0 Å². The lowest BCUT2D eigenvalue weighted by Gasteiger charge is -2.20. The maximum atomic E-state index is 10.3. The van der Waals surface area contributed by atoms with Gasteiger partial charge in [0.25, 0.3) is 0 Å². The van der Waals surface area contributed by atoms with Gasteiger partial charge in [-0.2, -0.15) is 0 Å². The molecule has 0 aromatic rings. The second kappa shape index (κ2) is 6.00. The van der Waals surface area contributed by atoms with E-state index in [1.165, 1.54) is 0 Å². The lowest BCUT2D eigenvalue weighted by molar-refractivity contribution is -0.139. The van der Waals surface area contributed by atoms with Gasteiger partial charge in [-0.3, -0.25) is 4.79 Å². The standard InChI is InChI=1S/C7H15NO2.C2H6/c1-7(2,3)4-5(8)6(9)10;1-2/h5H,4,8H2,1-3H3,(H,9,10);1-2H3. The van der Waals surface area contributed by atoms with Gasteiger partial charge < -0.3 is 10.8 Å². The summed E-state index contributed by atoms with van der Waals surface area (Å²) in [6, 6.07) is -0.722. The highest BCUT2D eigenvalue weighted by Gasteiger charge is 2.20. The van der Waals surface area contributed by atoms with Gasteiger partial charge in [0, 0.05) is 0 Å². The zero-order valence-corrected chi connectivity index (χ0v) is 8.72. The van der Waals surface area contributed by atoms with E-state index in [1.807, 2.05) is 34.6 Å². The minimum absolute atomic E-state index is 0.00218. The molecule has 0 aromatic heterocycles. The summed E-state index contributed by atoms with van der Waals surface area (Å²) in [6.45, 7) is 9.90. The predicted molar refractivity (Wildman–Crippen MR) is 51.0 cm³/mol. The first-order valence-electron chi connectivity index (χ1n) is 4.31. The Morgan fingerprint density at radius 1 is 1.42 bits per heavy atom. The lowest BCUT2D eigenvalue weighted by atomic mass is 9.88. The molecule has 12 heavy (non-hydrogen) atoms. The molecule has 0 saturated heterocycles. The molecule has 0 aliphatic rings. The van der Waals surface area contributed by atoms with E-state index in [9.17, 15) is 4.79 Å². The number of carboxylic acid groups (broad SMARTS) is 1. The van der Waals surface area contributed by atoms with Gasteiger partial charge >= 0.3 is 5.97 Å². The van der Waals surface area contributed by atoms with Crippen LogP contribution in [-0.2, 0) is 4.79 Å². The molecular weight excluding hydrogens is 154 g/mol. The van der Waals surface area contributed by atoms with E-state index in [0.29, 0.717) is 6.42 Å². The van der Waals surface area contributed by atoms with E-state index in [1.54, 1.807) is 0 Å². The highest BCUT2D eigenvalue weighted by molar-refractivity contribution is 5.73. The fourth-order valence-corrected chi connectivity index (χ4v) is 0.747. The average molecular weight is 175 g/mol. The number of rotatable bonds is 2. The van der Waals surface area contributed by atoms with Crippen LogP contribution >= 0.6 is 0 Å². The Kier molecular flexibility index (Phi) is 6.99. The second-order valence-corrected chi connectivity index (χ2v) is 3.71. The minimum atomic E-state index is -0.921. The average Bonchev–Trinajstić information content (AvgIpc) is 1.88. The highest BCUT2D eigenvalue weighted by atomic mass is 16.4. The molecule has 0 fully saturated rings. The highest BCUT2D eigenvalue weighted by Crippen LogP contribution is 2.19. The van der Waals surface area contributed by atoms with Gasteiger partial charge in [0.05, 0.1) is 0 Å². The zero-order chi connectivity index (χ0) is 10.4. The van der Waals surface area contributed by atoms with Gasteiger partial charge in [-0.25, -0.2) is 0 Å². The van der Waals surface area contributed by atoms with E-state index in [0.717, 1.165) is 0 Å². The van der Waals surface area contributed by atoms with Crippen molar-refractivity contribution in [2.45, 2.75) is 47.1 Å². The minimum Gasteiger partial charge on any atom is -0.480 e. The van der Waals surface area contributed by atoms with E-state index in [-0.39, 0.29) is 5.41 Å². The van der Waals surface area contributed by atoms with Crippen LogP contribution in [0.25, 0.3) is 0 Å². The molecule has 0 radical (unpaired) electrons. The fraction of sp³-hybridized carbons (Fsp3) is 0.889. The quantitative estimate of drug-likeness (QED) is 0.673. The van der Waals surface area contributed by atoms with Gasteiger partial charge in [0.2, 0.25) is 0 Å². The number of nitrogens with two attached hydrogens (primary N) is 1. The number of carboxylic acids is 1. The largest absolute Gasteiger partial charge is 0.480 e. The van der Waals surface area contributed by atoms with Gasteiger partial charge in [-0.15, -0.1) is 0 Å². The van der Waals surface area contributed by atoms with Crippen molar-refractivity contribution < 1.29 is 9.90 Å². The summed E-state index contributed by atoms with van der Waals surface area (Å²) in [6.07, 6.45) is 0.516. The first-order chi connectivity index (χ1) is 5.33. The molecule has 0 heterocycles. The van der Waals surface area contributed by atoms with Crippen LogP contribution in [0, 0.1) is 5.41 Å². The van der Waals surface area contributed by atoms with Crippen molar-refractivity contribution in [1.82, 2.24) is 0 Å².